The van der Waals surface area contributed by atoms with Gasteiger partial charge in [0, 0.05) is 6.42 Å². The van der Waals surface area contributed by atoms with Gasteiger partial charge < -0.3 is 9.90 Å². The van der Waals surface area contributed by atoms with Crippen LogP contribution in [0.15, 0.2) is 24.3 Å². The number of aromatic hydroxyl groups is 1. The molecule has 0 heterocycles. The normalized spacial score (nSPS) is 8.79. The summed E-state index contributed by atoms with van der Waals surface area (Å²) in [5.74, 6) is 0.619. The molecule has 1 rings (SSSR count). The van der Waals surface area contributed by atoms with E-state index in [2.05, 4.69) is 0 Å². The van der Waals surface area contributed by atoms with Crippen molar-refractivity contribution in [2.75, 3.05) is 0 Å². The predicted molar refractivity (Wildman–Crippen MR) is 58.4 cm³/mol. The minimum atomic E-state index is 0.289. The molecular weight excluding hydrogens is 176 g/mol. The first-order valence-electron chi connectivity index (χ1n) is 4.81. The number of ketones is 1. The summed E-state index contributed by atoms with van der Waals surface area (Å²) >= 11 is 0. The van der Waals surface area contributed by atoms with E-state index in [1.165, 1.54) is 5.56 Å². The number of hydrogen-bond acceptors (Lipinski definition) is 2. The highest BCUT2D eigenvalue weighted by Gasteiger charge is 1.83. The standard InChI is InChI=1S/C7H8O.C5H10O/c1-6-2-4-7(8)5-3-6;1-3-4-5(2)6/h2-5,8H,1H3;3-4H2,1-2H3. The zero-order valence-corrected chi connectivity index (χ0v) is 9.08. The molecule has 0 bridgehead atoms. The third kappa shape index (κ3) is 7.35. The Kier molecular flexibility index (Phi) is 6.46. The highest BCUT2D eigenvalue weighted by atomic mass is 16.3. The van der Waals surface area contributed by atoms with Crippen LogP contribution < -0.4 is 0 Å². The number of carbonyl (C=O) groups excluding carboxylic acids is 1. The van der Waals surface area contributed by atoms with Gasteiger partial charge in [-0.05, 0) is 32.4 Å². The smallest absolute Gasteiger partial charge is 0.129 e. The first-order chi connectivity index (χ1) is 6.56. The van der Waals surface area contributed by atoms with Crippen molar-refractivity contribution in [1.82, 2.24) is 0 Å². The molecule has 0 saturated heterocycles. The van der Waals surface area contributed by atoms with Crippen molar-refractivity contribution in [2.24, 2.45) is 0 Å². The predicted octanol–water partition coefficient (Wildman–Crippen LogP) is 3.08. The molecule has 0 saturated carbocycles. The fourth-order valence-corrected chi connectivity index (χ4v) is 0.897. The SMILES string of the molecule is CCCC(C)=O.Cc1ccc(O)cc1. The molecule has 0 radical (unpaired) electrons. The minimum absolute atomic E-state index is 0.289. The Morgan fingerprint density at radius 2 is 1.79 bits per heavy atom. The van der Waals surface area contributed by atoms with Crippen LogP contribution >= 0.6 is 0 Å². The Labute approximate surface area is 85.6 Å². The lowest BCUT2D eigenvalue weighted by atomic mass is 10.2. The van der Waals surface area contributed by atoms with Crippen LogP contribution in [-0.2, 0) is 4.79 Å². The molecular formula is C12H18O2. The van der Waals surface area contributed by atoms with E-state index in [9.17, 15) is 4.79 Å². The van der Waals surface area contributed by atoms with Crippen molar-refractivity contribution in [1.29, 1.82) is 0 Å². The van der Waals surface area contributed by atoms with Crippen LogP contribution in [0, 0.1) is 6.92 Å². The summed E-state index contributed by atoms with van der Waals surface area (Å²) in [6, 6.07) is 7.09. The summed E-state index contributed by atoms with van der Waals surface area (Å²) in [5, 5.41) is 8.76. The molecule has 78 valence electrons. The molecule has 0 aliphatic heterocycles. The van der Waals surface area contributed by atoms with E-state index < -0.39 is 0 Å². The second-order valence-electron chi connectivity index (χ2n) is 3.29. The fraction of sp³-hybridized carbons (Fsp3) is 0.417. The molecule has 0 atom stereocenters. The third-order valence-electron chi connectivity index (χ3n) is 1.64. The summed E-state index contributed by atoms with van der Waals surface area (Å²) in [4.78, 5) is 10.0. The fourth-order valence-electron chi connectivity index (χ4n) is 0.897. The summed E-state index contributed by atoms with van der Waals surface area (Å²) in [6.45, 7) is 5.60. The molecule has 2 heteroatoms. The van der Waals surface area contributed by atoms with Gasteiger partial charge in [0.25, 0.3) is 0 Å². The lowest BCUT2D eigenvalue weighted by Gasteiger charge is -1.89. The van der Waals surface area contributed by atoms with Gasteiger partial charge in [-0.15, -0.1) is 0 Å². The Balaban J connectivity index is 0.000000255. The van der Waals surface area contributed by atoms with Crippen LogP contribution in [0.2, 0.25) is 0 Å². The zero-order chi connectivity index (χ0) is 11.0. The molecule has 1 aromatic carbocycles. The van der Waals surface area contributed by atoms with Crippen LogP contribution in [0.5, 0.6) is 5.75 Å². The van der Waals surface area contributed by atoms with Crippen molar-refractivity contribution in [3.8, 4) is 5.75 Å². The monoisotopic (exact) mass is 194 g/mol. The number of hydrogen-bond donors (Lipinski definition) is 1. The summed E-state index contributed by atoms with van der Waals surface area (Å²) < 4.78 is 0. The van der Waals surface area contributed by atoms with Crippen molar-refractivity contribution >= 4 is 5.78 Å². The maximum atomic E-state index is 10.0. The second-order valence-corrected chi connectivity index (χ2v) is 3.29. The summed E-state index contributed by atoms with van der Waals surface area (Å²) in [6.07, 6.45) is 1.72. The van der Waals surface area contributed by atoms with Gasteiger partial charge in [-0.1, -0.05) is 24.6 Å². The highest BCUT2D eigenvalue weighted by molar-refractivity contribution is 5.75. The maximum absolute atomic E-state index is 10.0. The number of carbonyl (C=O) groups is 1. The molecule has 0 unspecified atom stereocenters. The Morgan fingerprint density at radius 3 is 2.00 bits per heavy atom. The number of phenols is 1. The van der Waals surface area contributed by atoms with Crippen LogP contribution in [0.25, 0.3) is 0 Å². The quantitative estimate of drug-likeness (QED) is 0.785. The molecule has 1 aromatic rings. The maximum Gasteiger partial charge on any atom is 0.129 e. The molecule has 0 fully saturated rings. The van der Waals surface area contributed by atoms with E-state index >= 15 is 0 Å². The van der Waals surface area contributed by atoms with Gasteiger partial charge in [0.05, 0.1) is 0 Å². The van der Waals surface area contributed by atoms with Crippen LogP contribution in [-0.4, -0.2) is 10.9 Å². The Hall–Kier alpha value is -1.31. The number of benzene rings is 1. The molecule has 0 aliphatic carbocycles. The average Bonchev–Trinajstić information content (AvgIpc) is 2.11. The van der Waals surface area contributed by atoms with Gasteiger partial charge in [-0.2, -0.15) is 0 Å². The van der Waals surface area contributed by atoms with Crippen molar-refractivity contribution in [2.45, 2.75) is 33.6 Å². The van der Waals surface area contributed by atoms with E-state index in [0.29, 0.717) is 5.75 Å². The van der Waals surface area contributed by atoms with Crippen LogP contribution in [0.4, 0.5) is 0 Å². The lowest BCUT2D eigenvalue weighted by Crippen LogP contribution is -1.84. The first kappa shape index (κ1) is 12.7. The summed E-state index contributed by atoms with van der Waals surface area (Å²) in [5.41, 5.74) is 1.17. The van der Waals surface area contributed by atoms with E-state index in [1.807, 2.05) is 26.0 Å². The van der Waals surface area contributed by atoms with E-state index in [1.54, 1.807) is 19.1 Å². The van der Waals surface area contributed by atoms with Gasteiger partial charge in [0.2, 0.25) is 0 Å². The van der Waals surface area contributed by atoms with E-state index in [0.717, 1.165) is 12.8 Å². The van der Waals surface area contributed by atoms with Gasteiger partial charge >= 0.3 is 0 Å². The van der Waals surface area contributed by atoms with Crippen LogP contribution in [0.1, 0.15) is 32.3 Å². The number of Topliss-reactive ketones (excluding diaryl/α,β-unsaturated/α-hetero) is 1. The highest BCUT2D eigenvalue weighted by Crippen LogP contribution is 2.07. The topological polar surface area (TPSA) is 37.3 Å². The van der Waals surface area contributed by atoms with Crippen molar-refractivity contribution in [3.05, 3.63) is 29.8 Å². The molecule has 0 amide bonds. The molecule has 0 aliphatic rings. The molecule has 0 aromatic heterocycles. The molecule has 0 spiro atoms. The lowest BCUT2D eigenvalue weighted by molar-refractivity contribution is -0.117. The zero-order valence-electron chi connectivity index (χ0n) is 9.08. The van der Waals surface area contributed by atoms with Crippen molar-refractivity contribution < 1.29 is 9.90 Å². The third-order valence-corrected chi connectivity index (χ3v) is 1.64. The molecule has 2 nitrogen and oxygen atoms in total. The van der Waals surface area contributed by atoms with Gasteiger partial charge in [0.15, 0.2) is 0 Å². The summed E-state index contributed by atoms with van der Waals surface area (Å²) in [7, 11) is 0. The number of rotatable bonds is 2. The van der Waals surface area contributed by atoms with Gasteiger partial charge in [-0.3, -0.25) is 0 Å². The first-order valence-corrected chi connectivity index (χ1v) is 4.81. The number of aryl methyl sites for hydroxylation is 1. The van der Waals surface area contributed by atoms with Crippen molar-refractivity contribution in [3.63, 3.8) is 0 Å². The largest absolute Gasteiger partial charge is 0.508 e. The molecule has 1 N–H and O–H groups in total. The molecule has 14 heavy (non-hydrogen) atoms. The van der Waals surface area contributed by atoms with Gasteiger partial charge in [-0.25, -0.2) is 0 Å². The van der Waals surface area contributed by atoms with Gasteiger partial charge in [0.1, 0.15) is 11.5 Å². The second kappa shape index (κ2) is 7.13. The number of phenolic OH excluding ortho intramolecular Hbond substituents is 1. The average molecular weight is 194 g/mol. The Bertz CT molecular complexity index is 241. The minimum Gasteiger partial charge on any atom is -0.508 e. The Morgan fingerprint density at radius 1 is 1.29 bits per heavy atom. The van der Waals surface area contributed by atoms with Crippen LogP contribution in [0.3, 0.4) is 0 Å². The van der Waals surface area contributed by atoms with E-state index in [4.69, 9.17) is 5.11 Å². The van der Waals surface area contributed by atoms with E-state index in [-0.39, 0.29) is 5.78 Å².